The van der Waals surface area contributed by atoms with Crippen molar-refractivity contribution in [3.8, 4) is 0 Å². The summed E-state index contributed by atoms with van der Waals surface area (Å²) >= 11 is 1.53. The molecular formula is C11H16N2O3S. The van der Waals surface area contributed by atoms with E-state index in [0.717, 1.165) is 5.01 Å². The molecule has 0 aliphatic rings. The molecule has 0 saturated carbocycles. The first-order chi connectivity index (χ1) is 8.08. The third-order valence-electron chi connectivity index (χ3n) is 2.25. The molecule has 1 aromatic rings. The van der Waals surface area contributed by atoms with Crippen LogP contribution in [0.25, 0.3) is 0 Å². The zero-order valence-corrected chi connectivity index (χ0v) is 10.5. The lowest BCUT2D eigenvalue weighted by molar-refractivity contribution is -0.137. The molecule has 0 aliphatic carbocycles. The monoisotopic (exact) mass is 256 g/mol. The van der Waals surface area contributed by atoms with Gasteiger partial charge in [-0.15, -0.1) is 11.3 Å². The third kappa shape index (κ3) is 6.01. The normalized spacial score (nSPS) is 12.1. The van der Waals surface area contributed by atoms with Crippen molar-refractivity contribution >= 4 is 23.2 Å². The summed E-state index contributed by atoms with van der Waals surface area (Å²) in [6, 6.07) is -0.102. The minimum atomic E-state index is -0.839. The number of aliphatic carboxylic acids is 1. The van der Waals surface area contributed by atoms with Crippen molar-refractivity contribution in [1.82, 2.24) is 10.3 Å². The number of aryl methyl sites for hydroxylation is 1. The average molecular weight is 256 g/mol. The Labute approximate surface area is 104 Å². The lowest BCUT2D eigenvalue weighted by Crippen LogP contribution is -2.33. The second kappa shape index (κ2) is 7.01. The number of aromatic nitrogens is 1. The number of carbonyl (C=O) groups is 2. The number of nitrogens with zero attached hydrogens (tertiary/aromatic N) is 1. The molecule has 1 amide bonds. The molecule has 0 radical (unpaired) electrons. The maximum absolute atomic E-state index is 11.5. The Kier molecular flexibility index (Phi) is 5.62. The second-order valence-corrected chi connectivity index (χ2v) is 4.81. The zero-order valence-electron chi connectivity index (χ0n) is 9.68. The molecule has 1 heterocycles. The highest BCUT2D eigenvalue weighted by molar-refractivity contribution is 7.09. The van der Waals surface area contributed by atoms with E-state index in [-0.39, 0.29) is 18.4 Å². The largest absolute Gasteiger partial charge is 0.481 e. The molecule has 1 unspecified atom stereocenters. The highest BCUT2D eigenvalue weighted by Gasteiger charge is 2.09. The molecule has 2 N–H and O–H groups in total. The van der Waals surface area contributed by atoms with Gasteiger partial charge in [-0.2, -0.15) is 0 Å². The van der Waals surface area contributed by atoms with Crippen LogP contribution in [-0.2, 0) is 16.0 Å². The van der Waals surface area contributed by atoms with Crippen LogP contribution in [0.2, 0.25) is 0 Å². The molecule has 94 valence electrons. The number of thiazole rings is 1. The van der Waals surface area contributed by atoms with Gasteiger partial charge in [0.25, 0.3) is 0 Å². The number of amides is 1. The van der Waals surface area contributed by atoms with Gasteiger partial charge < -0.3 is 10.4 Å². The summed E-state index contributed by atoms with van der Waals surface area (Å²) in [5, 5.41) is 14.1. The molecule has 1 atom stereocenters. The highest BCUT2D eigenvalue weighted by Crippen LogP contribution is 2.07. The Hall–Kier alpha value is -1.43. The maximum Gasteiger partial charge on any atom is 0.303 e. The van der Waals surface area contributed by atoms with Gasteiger partial charge >= 0.3 is 5.97 Å². The fourth-order valence-electron chi connectivity index (χ4n) is 1.36. The molecule has 1 aromatic heterocycles. The molecule has 0 spiro atoms. The number of carboxylic acids is 1. The smallest absolute Gasteiger partial charge is 0.303 e. The molecule has 0 aliphatic heterocycles. The van der Waals surface area contributed by atoms with Crippen molar-refractivity contribution in [2.45, 2.75) is 38.6 Å². The summed E-state index contributed by atoms with van der Waals surface area (Å²) in [5.41, 5.74) is 0. The van der Waals surface area contributed by atoms with Crippen molar-refractivity contribution in [3.05, 3.63) is 16.6 Å². The van der Waals surface area contributed by atoms with Gasteiger partial charge in [0, 0.05) is 36.9 Å². The van der Waals surface area contributed by atoms with E-state index >= 15 is 0 Å². The predicted molar refractivity (Wildman–Crippen MR) is 64.9 cm³/mol. The van der Waals surface area contributed by atoms with Crippen molar-refractivity contribution < 1.29 is 14.7 Å². The van der Waals surface area contributed by atoms with Crippen molar-refractivity contribution in [2.75, 3.05) is 0 Å². The van der Waals surface area contributed by atoms with Crippen LogP contribution in [0.1, 0.15) is 31.2 Å². The fraction of sp³-hybridized carbons (Fsp3) is 0.545. The summed E-state index contributed by atoms with van der Waals surface area (Å²) in [6.07, 6.45) is 3.28. The predicted octanol–water partition coefficient (Wildman–Crippen LogP) is 1.45. The molecule has 1 rings (SSSR count). The van der Waals surface area contributed by atoms with Gasteiger partial charge in [-0.1, -0.05) is 0 Å². The lowest BCUT2D eigenvalue weighted by atomic mass is 10.2. The van der Waals surface area contributed by atoms with Crippen LogP contribution in [0.4, 0.5) is 0 Å². The van der Waals surface area contributed by atoms with Crippen LogP contribution in [0.5, 0.6) is 0 Å². The molecule has 0 aromatic carbocycles. The maximum atomic E-state index is 11.5. The first kappa shape index (κ1) is 13.6. The SMILES string of the molecule is CC(CCC(=O)O)NC(=O)CCc1nccs1. The number of nitrogens with one attached hydrogen (secondary N) is 1. The molecular weight excluding hydrogens is 240 g/mol. The molecule has 0 fully saturated rings. The molecule has 5 nitrogen and oxygen atoms in total. The average Bonchev–Trinajstić information content (AvgIpc) is 2.76. The fourth-order valence-corrected chi connectivity index (χ4v) is 1.98. The number of hydrogen-bond donors (Lipinski definition) is 2. The Morgan fingerprint density at radius 2 is 2.29 bits per heavy atom. The van der Waals surface area contributed by atoms with E-state index in [1.807, 2.05) is 12.3 Å². The van der Waals surface area contributed by atoms with E-state index in [4.69, 9.17) is 5.11 Å². The first-order valence-electron chi connectivity index (χ1n) is 5.47. The van der Waals surface area contributed by atoms with E-state index in [1.54, 1.807) is 6.20 Å². The number of carboxylic acid groups (broad SMARTS) is 1. The van der Waals surface area contributed by atoms with Crippen molar-refractivity contribution in [1.29, 1.82) is 0 Å². The van der Waals surface area contributed by atoms with E-state index < -0.39 is 5.97 Å². The van der Waals surface area contributed by atoms with E-state index in [2.05, 4.69) is 10.3 Å². The van der Waals surface area contributed by atoms with Gasteiger partial charge in [0.05, 0.1) is 5.01 Å². The van der Waals surface area contributed by atoms with Gasteiger partial charge in [0.2, 0.25) is 5.91 Å². The van der Waals surface area contributed by atoms with E-state index in [9.17, 15) is 9.59 Å². The van der Waals surface area contributed by atoms with Gasteiger partial charge in [0.1, 0.15) is 0 Å². The summed E-state index contributed by atoms with van der Waals surface area (Å²) in [7, 11) is 0. The minimum Gasteiger partial charge on any atom is -0.481 e. The van der Waals surface area contributed by atoms with E-state index in [0.29, 0.717) is 19.3 Å². The van der Waals surface area contributed by atoms with Crippen LogP contribution in [0.3, 0.4) is 0 Å². The molecule has 0 bridgehead atoms. The quantitative estimate of drug-likeness (QED) is 0.773. The van der Waals surface area contributed by atoms with Gasteiger partial charge in [-0.3, -0.25) is 9.59 Å². The molecule has 17 heavy (non-hydrogen) atoms. The van der Waals surface area contributed by atoms with Crippen molar-refractivity contribution in [2.24, 2.45) is 0 Å². The second-order valence-electron chi connectivity index (χ2n) is 3.83. The number of rotatable bonds is 7. The van der Waals surface area contributed by atoms with Crippen LogP contribution in [0.15, 0.2) is 11.6 Å². The van der Waals surface area contributed by atoms with Crippen LogP contribution in [0, 0.1) is 0 Å². The molecule has 6 heteroatoms. The highest BCUT2D eigenvalue weighted by atomic mass is 32.1. The molecule has 0 saturated heterocycles. The first-order valence-corrected chi connectivity index (χ1v) is 6.35. The number of hydrogen-bond acceptors (Lipinski definition) is 4. The number of carbonyl (C=O) groups excluding carboxylic acids is 1. The summed E-state index contributed by atoms with van der Waals surface area (Å²) in [4.78, 5) is 26.0. The van der Waals surface area contributed by atoms with Crippen LogP contribution < -0.4 is 5.32 Å². The summed E-state index contributed by atoms with van der Waals surface area (Å²) in [6.45, 7) is 1.81. The lowest BCUT2D eigenvalue weighted by Gasteiger charge is -2.12. The Balaban J connectivity index is 2.18. The van der Waals surface area contributed by atoms with Crippen molar-refractivity contribution in [3.63, 3.8) is 0 Å². The Bertz CT molecular complexity index is 365. The van der Waals surface area contributed by atoms with Gasteiger partial charge in [0.15, 0.2) is 0 Å². The summed E-state index contributed by atoms with van der Waals surface area (Å²) in [5.74, 6) is -0.896. The topological polar surface area (TPSA) is 79.3 Å². The standard InChI is InChI=1S/C11H16N2O3S/c1-8(2-5-11(15)16)13-9(14)3-4-10-12-6-7-17-10/h6-8H,2-5H2,1H3,(H,13,14)(H,15,16). The zero-order chi connectivity index (χ0) is 12.7. The Morgan fingerprint density at radius 1 is 1.53 bits per heavy atom. The minimum absolute atomic E-state index is 0.0573. The third-order valence-corrected chi connectivity index (χ3v) is 3.09. The van der Waals surface area contributed by atoms with Gasteiger partial charge in [-0.25, -0.2) is 4.98 Å². The Morgan fingerprint density at radius 3 is 2.88 bits per heavy atom. The summed E-state index contributed by atoms with van der Waals surface area (Å²) < 4.78 is 0. The van der Waals surface area contributed by atoms with Gasteiger partial charge in [-0.05, 0) is 13.3 Å². The van der Waals surface area contributed by atoms with Crippen LogP contribution in [-0.4, -0.2) is 28.0 Å². The van der Waals surface area contributed by atoms with Crippen LogP contribution >= 0.6 is 11.3 Å². The van der Waals surface area contributed by atoms with E-state index in [1.165, 1.54) is 11.3 Å².